The average Bonchev–Trinajstić information content (AvgIpc) is 2.84. The van der Waals surface area contributed by atoms with Gasteiger partial charge in [0.2, 0.25) is 0 Å². The van der Waals surface area contributed by atoms with Crippen molar-refractivity contribution in [2.24, 2.45) is 5.41 Å². The molecule has 1 atom stereocenters. The lowest BCUT2D eigenvalue weighted by molar-refractivity contribution is 0.167. The molecule has 0 bridgehead atoms. The first-order chi connectivity index (χ1) is 11.3. The van der Waals surface area contributed by atoms with Gasteiger partial charge >= 0.3 is 0 Å². The Labute approximate surface area is 154 Å². The molecule has 0 saturated carbocycles. The monoisotopic (exact) mass is 414 g/mol. The lowest BCUT2D eigenvalue weighted by Gasteiger charge is -2.27. The molecule has 2 aromatic rings. The van der Waals surface area contributed by atoms with Gasteiger partial charge in [0.05, 0.1) is 17.7 Å². The van der Waals surface area contributed by atoms with Crippen LogP contribution in [0.1, 0.15) is 36.5 Å². The molecule has 24 heavy (non-hydrogen) atoms. The molecular formula is C19H18BrClF2O. The van der Waals surface area contributed by atoms with Crippen molar-refractivity contribution in [1.82, 2.24) is 0 Å². The summed E-state index contributed by atoms with van der Waals surface area (Å²) in [4.78, 5) is 0. The highest BCUT2D eigenvalue weighted by Gasteiger charge is 2.37. The summed E-state index contributed by atoms with van der Waals surface area (Å²) in [5.41, 5.74) is 2.30. The third-order valence-electron chi connectivity index (χ3n) is 4.65. The Kier molecular flexibility index (Phi) is 5.01. The van der Waals surface area contributed by atoms with E-state index >= 15 is 0 Å². The topological polar surface area (TPSA) is 9.23 Å². The molecule has 128 valence electrons. The fourth-order valence-corrected chi connectivity index (χ4v) is 3.76. The molecule has 0 N–H and O–H groups in total. The van der Waals surface area contributed by atoms with Crippen molar-refractivity contribution in [3.8, 4) is 0 Å². The Morgan fingerprint density at radius 3 is 2.58 bits per heavy atom. The maximum absolute atomic E-state index is 14.2. The molecule has 5 heteroatoms. The second-order valence-corrected chi connectivity index (χ2v) is 8.22. The van der Waals surface area contributed by atoms with Crippen molar-refractivity contribution in [3.05, 3.63) is 68.2 Å². The molecule has 2 aromatic carbocycles. The minimum absolute atomic E-state index is 0.00785. The SMILES string of the molecule is CC1(C)COC[C@H]1c1ccc(Cl)cc1Cc1cc(F)c(Br)cc1F. The Morgan fingerprint density at radius 1 is 1.17 bits per heavy atom. The molecule has 1 heterocycles. The molecule has 1 saturated heterocycles. The number of rotatable bonds is 3. The number of halogens is 4. The predicted octanol–water partition coefficient (Wildman–Crippen LogP) is 6.11. The van der Waals surface area contributed by atoms with Crippen LogP contribution in [0.15, 0.2) is 34.8 Å². The molecule has 0 aliphatic carbocycles. The second kappa shape index (κ2) is 6.74. The van der Waals surface area contributed by atoms with Gasteiger partial charge in [-0.25, -0.2) is 8.78 Å². The van der Waals surface area contributed by atoms with Gasteiger partial charge in [-0.05, 0) is 62.3 Å². The molecule has 0 spiro atoms. The van der Waals surface area contributed by atoms with Crippen molar-refractivity contribution in [1.29, 1.82) is 0 Å². The minimum Gasteiger partial charge on any atom is -0.380 e. The van der Waals surface area contributed by atoms with E-state index in [0.29, 0.717) is 30.2 Å². The molecule has 3 rings (SSSR count). The van der Waals surface area contributed by atoms with Crippen LogP contribution in [0, 0.1) is 17.0 Å². The van der Waals surface area contributed by atoms with Gasteiger partial charge in [0.1, 0.15) is 11.6 Å². The van der Waals surface area contributed by atoms with Crippen molar-refractivity contribution < 1.29 is 13.5 Å². The molecule has 1 aliphatic rings. The number of benzene rings is 2. The number of ether oxygens (including phenoxy) is 1. The molecular weight excluding hydrogens is 398 g/mol. The summed E-state index contributed by atoms with van der Waals surface area (Å²) in [5.74, 6) is -0.705. The van der Waals surface area contributed by atoms with Gasteiger partial charge in [-0.3, -0.25) is 0 Å². The van der Waals surface area contributed by atoms with Crippen LogP contribution in [0.25, 0.3) is 0 Å². The van der Waals surface area contributed by atoms with Crippen LogP contribution in [0.2, 0.25) is 5.02 Å². The summed E-state index contributed by atoms with van der Waals surface area (Å²) in [5, 5.41) is 0.587. The van der Waals surface area contributed by atoms with E-state index in [1.165, 1.54) is 6.07 Å². The molecule has 1 nitrogen and oxygen atoms in total. The maximum atomic E-state index is 14.2. The van der Waals surface area contributed by atoms with E-state index in [4.69, 9.17) is 16.3 Å². The van der Waals surface area contributed by atoms with Gasteiger partial charge in [-0.2, -0.15) is 0 Å². The lowest BCUT2D eigenvalue weighted by atomic mass is 9.76. The van der Waals surface area contributed by atoms with E-state index < -0.39 is 11.6 Å². The summed E-state index contributed by atoms with van der Waals surface area (Å²) in [6, 6.07) is 8.06. The summed E-state index contributed by atoms with van der Waals surface area (Å²) in [6.07, 6.45) is 0.290. The number of hydrogen-bond donors (Lipinski definition) is 0. The Balaban J connectivity index is 2.02. The first-order valence-electron chi connectivity index (χ1n) is 7.77. The Morgan fingerprint density at radius 2 is 1.92 bits per heavy atom. The highest BCUT2D eigenvalue weighted by molar-refractivity contribution is 9.10. The summed E-state index contributed by atoms with van der Waals surface area (Å²) in [7, 11) is 0. The Bertz CT molecular complexity index is 776. The smallest absolute Gasteiger partial charge is 0.137 e. The van der Waals surface area contributed by atoms with Crippen LogP contribution in [0.3, 0.4) is 0 Å². The van der Waals surface area contributed by atoms with E-state index in [0.717, 1.165) is 17.2 Å². The van der Waals surface area contributed by atoms with E-state index in [1.807, 2.05) is 18.2 Å². The van der Waals surface area contributed by atoms with Crippen molar-refractivity contribution >= 4 is 27.5 Å². The van der Waals surface area contributed by atoms with Gasteiger partial charge in [-0.15, -0.1) is 0 Å². The highest BCUT2D eigenvalue weighted by atomic mass is 79.9. The summed E-state index contributed by atoms with van der Waals surface area (Å²) in [6.45, 7) is 5.62. The standard InChI is InChI=1S/C19H18BrClF2O/c1-19(2)10-24-9-15(19)14-4-3-13(21)6-11(14)5-12-7-18(23)16(20)8-17(12)22/h3-4,6-8,15H,5,9-10H2,1-2H3/t15-/m0/s1. The molecule has 0 unspecified atom stereocenters. The van der Waals surface area contributed by atoms with E-state index in [-0.39, 0.29) is 15.8 Å². The maximum Gasteiger partial charge on any atom is 0.137 e. The van der Waals surface area contributed by atoms with Crippen LogP contribution in [0.4, 0.5) is 8.78 Å². The van der Waals surface area contributed by atoms with Crippen molar-refractivity contribution in [3.63, 3.8) is 0 Å². The zero-order chi connectivity index (χ0) is 17.5. The fourth-order valence-electron chi connectivity index (χ4n) is 3.25. The van der Waals surface area contributed by atoms with Gasteiger partial charge in [0, 0.05) is 17.4 Å². The first-order valence-corrected chi connectivity index (χ1v) is 8.94. The third-order valence-corrected chi connectivity index (χ3v) is 5.50. The summed E-state index contributed by atoms with van der Waals surface area (Å²) < 4.78 is 33.8. The largest absolute Gasteiger partial charge is 0.380 e. The van der Waals surface area contributed by atoms with Crippen LogP contribution < -0.4 is 0 Å². The zero-order valence-corrected chi connectivity index (χ0v) is 15.8. The number of hydrogen-bond acceptors (Lipinski definition) is 1. The van der Waals surface area contributed by atoms with Gasteiger partial charge in [-0.1, -0.05) is 31.5 Å². The van der Waals surface area contributed by atoms with E-state index in [2.05, 4.69) is 29.8 Å². The lowest BCUT2D eigenvalue weighted by Crippen LogP contribution is -2.21. The van der Waals surface area contributed by atoms with Crippen molar-refractivity contribution in [2.75, 3.05) is 13.2 Å². The van der Waals surface area contributed by atoms with Gasteiger partial charge < -0.3 is 4.74 Å². The molecule has 0 aromatic heterocycles. The fraction of sp³-hybridized carbons (Fsp3) is 0.368. The second-order valence-electron chi connectivity index (χ2n) is 6.93. The minimum atomic E-state index is -0.473. The predicted molar refractivity (Wildman–Crippen MR) is 95.7 cm³/mol. The van der Waals surface area contributed by atoms with E-state index in [9.17, 15) is 8.78 Å². The zero-order valence-electron chi connectivity index (χ0n) is 13.5. The Hall–Kier alpha value is -0.970. The van der Waals surface area contributed by atoms with Crippen molar-refractivity contribution in [2.45, 2.75) is 26.2 Å². The van der Waals surface area contributed by atoms with Gasteiger partial charge in [0.15, 0.2) is 0 Å². The quantitative estimate of drug-likeness (QED) is 0.549. The molecule has 1 fully saturated rings. The first kappa shape index (κ1) is 17.8. The van der Waals surface area contributed by atoms with Crippen LogP contribution in [-0.2, 0) is 11.2 Å². The third kappa shape index (κ3) is 3.51. The highest BCUT2D eigenvalue weighted by Crippen LogP contribution is 2.43. The summed E-state index contributed by atoms with van der Waals surface area (Å²) >= 11 is 9.16. The van der Waals surface area contributed by atoms with E-state index in [1.54, 1.807) is 0 Å². The molecule has 0 radical (unpaired) electrons. The molecule has 1 aliphatic heterocycles. The van der Waals surface area contributed by atoms with Crippen LogP contribution >= 0.6 is 27.5 Å². The normalized spacial score (nSPS) is 19.7. The average molecular weight is 416 g/mol. The van der Waals surface area contributed by atoms with Crippen LogP contribution in [-0.4, -0.2) is 13.2 Å². The van der Waals surface area contributed by atoms with Crippen LogP contribution in [0.5, 0.6) is 0 Å². The molecule has 0 amide bonds. The van der Waals surface area contributed by atoms with Gasteiger partial charge in [0.25, 0.3) is 0 Å².